The summed E-state index contributed by atoms with van der Waals surface area (Å²) in [5.41, 5.74) is 3.67. The molecule has 0 bridgehead atoms. The van der Waals surface area contributed by atoms with E-state index in [-0.39, 0.29) is 5.41 Å². The molecular weight excluding hydrogens is 384 g/mol. The van der Waals surface area contributed by atoms with Crippen molar-refractivity contribution in [2.45, 2.75) is 66.7 Å². The van der Waals surface area contributed by atoms with Crippen LogP contribution in [0.25, 0.3) is 0 Å². The van der Waals surface area contributed by atoms with Crippen molar-refractivity contribution in [3.8, 4) is 0 Å². The molecule has 0 amide bonds. The van der Waals surface area contributed by atoms with Crippen molar-refractivity contribution in [2.24, 2.45) is 15.9 Å². The molecule has 0 saturated heterocycles. The zero-order chi connectivity index (χ0) is 23.9. The highest BCUT2D eigenvalue weighted by molar-refractivity contribution is 5.92. The van der Waals surface area contributed by atoms with Gasteiger partial charge >= 0.3 is 0 Å². The Morgan fingerprint density at radius 1 is 1.06 bits per heavy atom. The van der Waals surface area contributed by atoms with Gasteiger partial charge in [-0.05, 0) is 43.9 Å². The molecule has 2 rings (SSSR count). The fraction of sp³-hybridized carbons (Fsp3) is 0.556. The Morgan fingerprint density at radius 2 is 1.65 bits per heavy atom. The van der Waals surface area contributed by atoms with Crippen LogP contribution in [0.4, 0.5) is 0 Å². The highest BCUT2D eigenvalue weighted by atomic mass is 16.5. The molecule has 1 aromatic rings. The lowest BCUT2D eigenvalue weighted by Crippen LogP contribution is -2.26. The van der Waals surface area contributed by atoms with Crippen LogP contribution in [0.15, 0.2) is 64.0 Å². The van der Waals surface area contributed by atoms with Gasteiger partial charge in [-0.2, -0.15) is 0 Å². The molecule has 4 heteroatoms. The topological polar surface area (TPSA) is 43.2 Å². The van der Waals surface area contributed by atoms with Gasteiger partial charge in [-0.3, -0.25) is 9.98 Å². The molecule has 1 aliphatic heterocycles. The Morgan fingerprint density at radius 3 is 2.16 bits per heavy atom. The molecule has 0 N–H and O–H groups in total. The van der Waals surface area contributed by atoms with Gasteiger partial charge in [0.05, 0.1) is 14.2 Å². The number of hydrogen-bond acceptors (Lipinski definition) is 4. The first-order chi connectivity index (χ1) is 14.8. The molecule has 31 heavy (non-hydrogen) atoms. The van der Waals surface area contributed by atoms with Crippen LogP contribution in [0.5, 0.6) is 0 Å². The largest absolute Gasteiger partial charge is 0.493 e. The third-order valence-corrected chi connectivity index (χ3v) is 5.40. The number of methoxy groups -OCH3 is 2. The fourth-order valence-corrected chi connectivity index (χ4v) is 2.98. The van der Waals surface area contributed by atoms with Gasteiger partial charge in [-0.25, -0.2) is 0 Å². The van der Waals surface area contributed by atoms with E-state index in [1.807, 2.05) is 40.0 Å². The number of aliphatic imine (C=N–C) groups is 2. The molecule has 0 radical (unpaired) electrons. The first-order valence-corrected chi connectivity index (χ1v) is 11.3. The first kappa shape index (κ1) is 28.6. The Hall–Kier alpha value is -2.36. The summed E-state index contributed by atoms with van der Waals surface area (Å²) in [6.45, 7) is 15.6. The molecule has 1 aromatic carbocycles. The zero-order valence-corrected chi connectivity index (χ0v) is 21.5. The van der Waals surface area contributed by atoms with E-state index < -0.39 is 0 Å². The Kier molecular flexibility index (Phi) is 14.3. The summed E-state index contributed by atoms with van der Waals surface area (Å²) >= 11 is 0. The van der Waals surface area contributed by atoms with E-state index in [1.165, 1.54) is 11.3 Å². The molecule has 1 unspecified atom stereocenters. The lowest BCUT2D eigenvalue weighted by molar-refractivity contribution is 0.217. The van der Waals surface area contributed by atoms with Crippen molar-refractivity contribution >= 4 is 11.4 Å². The zero-order valence-electron chi connectivity index (χ0n) is 21.5. The predicted molar refractivity (Wildman–Crippen MR) is 136 cm³/mol. The molecule has 1 atom stereocenters. The standard InChI is InChI=1S/C13H21NO2.C12H17N.C2H6/c1-10-7-8-14-11(2)5-6-12(15-3)13(9-10)16-4;1-10(13-4)12(2,3)11-8-6-5-7-9-11;1-2/h6,9-10H,5,7-8H2,1-4H3;5-9H,1-4H3;1-2H3/b12-6+,13-9+,14-11?;;. The second kappa shape index (κ2) is 15.4. The minimum Gasteiger partial charge on any atom is -0.493 e. The molecule has 0 fully saturated rings. The van der Waals surface area contributed by atoms with Crippen LogP contribution in [0.2, 0.25) is 0 Å². The summed E-state index contributed by atoms with van der Waals surface area (Å²) in [7, 11) is 5.19. The monoisotopic (exact) mass is 428 g/mol. The van der Waals surface area contributed by atoms with E-state index in [2.05, 4.69) is 68.0 Å². The van der Waals surface area contributed by atoms with Crippen molar-refractivity contribution in [3.63, 3.8) is 0 Å². The summed E-state index contributed by atoms with van der Waals surface area (Å²) in [6.07, 6.45) is 5.98. The van der Waals surface area contributed by atoms with Crippen LogP contribution < -0.4 is 0 Å². The minimum absolute atomic E-state index is 0.0516. The quantitative estimate of drug-likeness (QED) is 0.484. The molecule has 1 aliphatic rings. The lowest BCUT2D eigenvalue weighted by Gasteiger charge is -2.24. The molecule has 0 saturated carbocycles. The van der Waals surface area contributed by atoms with Crippen LogP contribution in [-0.4, -0.2) is 39.2 Å². The molecule has 4 nitrogen and oxygen atoms in total. The average molecular weight is 429 g/mol. The van der Waals surface area contributed by atoms with E-state index in [0.29, 0.717) is 5.92 Å². The number of nitrogens with zero attached hydrogens (tertiary/aromatic N) is 2. The van der Waals surface area contributed by atoms with E-state index in [0.717, 1.165) is 36.6 Å². The Balaban J connectivity index is 0.000000547. The normalized spacial score (nSPS) is 20.8. The Labute approximate surface area is 191 Å². The van der Waals surface area contributed by atoms with Crippen LogP contribution in [0.3, 0.4) is 0 Å². The van der Waals surface area contributed by atoms with E-state index >= 15 is 0 Å². The summed E-state index contributed by atoms with van der Waals surface area (Å²) in [6, 6.07) is 10.5. The van der Waals surface area contributed by atoms with Crippen LogP contribution >= 0.6 is 0 Å². The predicted octanol–water partition coefficient (Wildman–Crippen LogP) is 7.02. The van der Waals surface area contributed by atoms with Gasteiger partial charge in [0.1, 0.15) is 0 Å². The van der Waals surface area contributed by atoms with E-state index in [9.17, 15) is 0 Å². The second-order valence-electron chi connectivity index (χ2n) is 7.89. The lowest BCUT2D eigenvalue weighted by atomic mass is 9.81. The third-order valence-electron chi connectivity index (χ3n) is 5.40. The van der Waals surface area contributed by atoms with Crippen molar-refractivity contribution in [2.75, 3.05) is 27.8 Å². The molecule has 0 aliphatic carbocycles. The molecule has 174 valence electrons. The maximum absolute atomic E-state index is 5.36. The van der Waals surface area contributed by atoms with Gasteiger partial charge in [-0.15, -0.1) is 0 Å². The number of hydrogen-bond donors (Lipinski definition) is 0. The van der Waals surface area contributed by atoms with Crippen molar-refractivity contribution < 1.29 is 9.47 Å². The van der Waals surface area contributed by atoms with Gasteiger partial charge in [0, 0.05) is 36.9 Å². The minimum atomic E-state index is 0.0516. The fourth-order valence-electron chi connectivity index (χ4n) is 2.98. The van der Waals surface area contributed by atoms with E-state index in [4.69, 9.17) is 9.47 Å². The van der Waals surface area contributed by atoms with Crippen LogP contribution in [0.1, 0.15) is 66.9 Å². The molecule has 1 heterocycles. The van der Waals surface area contributed by atoms with Gasteiger partial charge in [-0.1, -0.05) is 65.0 Å². The van der Waals surface area contributed by atoms with Gasteiger partial charge in [0.2, 0.25) is 0 Å². The van der Waals surface area contributed by atoms with Gasteiger partial charge < -0.3 is 9.47 Å². The highest BCUT2D eigenvalue weighted by Gasteiger charge is 2.22. The smallest absolute Gasteiger partial charge is 0.156 e. The number of benzene rings is 1. The summed E-state index contributed by atoms with van der Waals surface area (Å²) in [4.78, 5) is 8.75. The Bertz CT molecular complexity index is 744. The number of ether oxygens (including phenoxy) is 2. The average Bonchev–Trinajstić information content (AvgIpc) is 2.80. The van der Waals surface area contributed by atoms with Gasteiger partial charge in [0.25, 0.3) is 0 Å². The summed E-state index contributed by atoms with van der Waals surface area (Å²) in [5.74, 6) is 2.07. The summed E-state index contributed by atoms with van der Waals surface area (Å²) in [5, 5.41) is 0. The van der Waals surface area contributed by atoms with Crippen LogP contribution in [-0.2, 0) is 14.9 Å². The first-order valence-electron chi connectivity index (χ1n) is 11.3. The summed E-state index contributed by atoms with van der Waals surface area (Å²) < 4.78 is 10.7. The third kappa shape index (κ3) is 9.99. The second-order valence-corrected chi connectivity index (χ2v) is 7.89. The van der Waals surface area contributed by atoms with Crippen molar-refractivity contribution in [1.82, 2.24) is 0 Å². The number of rotatable bonds is 4. The van der Waals surface area contributed by atoms with Crippen LogP contribution in [0, 0.1) is 5.92 Å². The highest BCUT2D eigenvalue weighted by Crippen LogP contribution is 2.24. The number of allylic oxidation sites excluding steroid dienone is 2. The molecular formula is C27H44N2O2. The maximum atomic E-state index is 5.36. The molecule has 0 spiro atoms. The SMILES string of the molecule is CC.CN=C(C)C(C)(C)c1ccccc1.COC1=C/CC(C)=NCCC(C)/C=C\1OC. The van der Waals surface area contributed by atoms with Gasteiger partial charge in [0.15, 0.2) is 11.5 Å². The van der Waals surface area contributed by atoms with Crippen molar-refractivity contribution in [1.29, 1.82) is 0 Å². The van der Waals surface area contributed by atoms with Crippen molar-refractivity contribution in [3.05, 3.63) is 59.6 Å². The molecule has 0 aromatic heterocycles. The maximum Gasteiger partial charge on any atom is 0.156 e. The van der Waals surface area contributed by atoms with E-state index in [1.54, 1.807) is 14.2 Å².